The van der Waals surface area contributed by atoms with Crippen molar-refractivity contribution in [2.45, 2.75) is 31.3 Å². The van der Waals surface area contributed by atoms with Gasteiger partial charge in [-0.15, -0.1) is 6.42 Å². The molecular formula is C37H48ClN7O7. The second-order valence-electron chi connectivity index (χ2n) is 12.2. The number of anilines is 1. The van der Waals surface area contributed by atoms with Crippen LogP contribution in [-0.4, -0.2) is 124 Å². The van der Waals surface area contributed by atoms with E-state index in [2.05, 4.69) is 15.5 Å². The maximum Gasteiger partial charge on any atom is 0.269 e. The third-order valence-corrected chi connectivity index (χ3v) is 8.71. The molecule has 3 N–H and O–H groups in total. The van der Waals surface area contributed by atoms with Crippen molar-refractivity contribution in [3.05, 3.63) is 64.8 Å². The largest absolute Gasteiger partial charge is 0.394 e. The van der Waals surface area contributed by atoms with Gasteiger partial charge in [0.2, 0.25) is 0 Å². The van der Waals surface area contributed by atoms with Crippen LogP contribution < -0.4 is 10.6 Å². The molecule has 280 valence electrons. The second-order valence-corrected chi connectivity index (χ2v) is 12.6. The van der Waals surface area contributed by atoms with E-state index in [-0.39, 0.29) is 18.8 Å². The Balaban J connectivity index is 1.24. The lowest BCUT2D eigenvalue weighted by Gasteiger charge is -2.48. The van der Waals surface area contributed by atoms with Gasteiger partial charge in [-0.05, 0) is 48.7 Å². The fourth-order valence-corrected chi connectivity index (χ4v) is 6.01. The number of benzene rings is 1. The topological polar surface area (TPSA) is 167 Å². The molecule has 1 aliphatic rings. The summed E-state index contributed by atoms with van der Waals surface area (Å²) in [6, 6.07) is 7.51. The quantitative estimate of drug-likeness (QED) is 0.0432. The van der Waals surface area contributed by atoms with Crippen molar-refractivity contribution in [3.8, 4) is 12.3 Å². The van der Waals surface area contributed by atoms with E-state index in [4.69, 9.17) is 57.8 Å². The number of nitrogens with one attached hydrogen (secondary N) is 1. The molecule has 0 aliphatic carbocycles. The first-order chi connectivity index (χ1) is 25.3. The SMILES string of the molecule is C#CCOCCOCCOCCOCCOCCCCn1c(CN(C)c2cnccc2C2(C=O)CN(C(=O)C(N)=CC=N)C2)nc2cc(Cl)ccc21. The number of fused-ring (bicyclic) bond motifs is 1. The average molecular weight is 738 g/mol. The summed E-state index contributed by atoms with van der Waals surface area (Å²) in [5, 5.41) is 7.80. The Kier molecular flexibility index (Phi) is 16.5. The monoisotopic (exact) mass is 737 g/mol. The third-order valence-electron chi connectivity index (χ3n) is 8.48. The predicted octanol–water partition coefficient (Wildman–Crippen LogP) is 2.99. The van der Waals surface area contributed by atoms with Gasteiger partial charge in [0, 0.05) is 50.7 Å². The lowest BCUT2D eigenvalue weighted by atomic mass is 9.74. The van der Waals surface area contributed by atoms with Crippen LogP contribution >= 0.6 is 11.6 Å². The summed E-state index contributed by atoms with van der Waals surface area (Å²) in [6.45, 7) is 6.28. The second kappa shape index (κ2) is 21.2. The first-order valence-corrected chi connectivity index (χ1v) is 17.6. The zero-order valence-corrected chi connectivity index (χ0v) is 30.4. The number of aryl methyl sites for hydroxylation is 1. The summed E-state index contributed by atoms with van der Waals surface area (Å²) < 4.78 is 29.6. The molecule has 4 rings (SSSR count). The number of hydrogen-bond donors (Lipinski definition) is 2. The van der Waals surface area contributed by atoms with Gasteiger partial charge in [-0.3, -0.25) is 9.78 Å². The number of hydrogen-bond acceptors (Lipinski definition) is 12. The summed E-state index contributed by atoms with van der Waals surface area (Å²) in [5.74, 6) is 2.83. The number of carbonyl (C=O) groups excluding carboxylic acids is 2. The molecule has 1 aromatic carbocycles. The van der Waals surface area contributed by atoms with Crippen LogP contribution in [0.5, 0.6) is 0 Å². The van der Waals surface area contributed by atoms with Gasteiger partial charge in [0.05, 0.1) is 93.4 Å². The van der Waals surface area contributed by atoms with Gasteiger partial charge in [-0.1, -0.05) is 17.5 Å². The number of nitrogens with zero attached hydrogens (tertiary/aromatic N) is 5. The molecule has 3 aromatic rings. The molecule has 14 nitrogen and oxygen atoms in total. The van der Waals surface area contributed by atoms with Crippen molar-refractivity contribution in [1.29, 1.82) is 5.41 Å². The smallest absolute Gasteiger partial charge is 0.269 e. The van der Waals surface area contributed by atoms with Gasteiger partial charge < -0.3 is 54.0 Å². The number of likely N-dealkylation sites (tertiary alicyclic amines) is 1. The number of nitrogens with two attached hydrogens (primary N) is 1. The van der Waals surface area contributed by atoms with Gasteiger partial charge in [-0.2, -0.15) is 0 Å². The van der Waals surface area contributed by atoms with Crippen LogP contribution in [-0.2, 0) is 51.8 Å². The molecule has 0 saturated carbocycles. The van der Waals surface area contributed by atoms with Crippen molar-refractivity contribution >= 4 is 46.7 Å². The van der Waals surface area contributed by atoms with Gasteiger partial charge in [0.15, 0.2) is 0 Å². The van der Waals surface area contributed by atoms with Gasteiger partial charge in [0.25, 0.3) is 5.91 Å². The number of halogens is 1. The molecule has 15 heteroatoms. The number of imidazole rings is 1. The van der Waals surface area contributed by atoms with Crippen LogP contribution in [0.1, 0.15) is 24.2 Å². The molecule has 1 fully saturated rings. The molecule has 0 spiro atoms. The predicted molar refractivity (Wildman–Crippen MR) is 199 cm³/mol. The highest BCUT2D eigenvalue weighted by atomic mass is 35.5. The zero-order valence-electron chi connectivity index (χ0n) is 29.6. The Hall–Kier alpha value is -4.36. The minimum Gasteiger partial charge on any atom is -0.394 e. The van der Waals surface area contributed by atoms with E-state index in [0.29, 0.717) is 77.6 Å². The highest BCUT2D eigenvalue weighted by Gasteiger charge is 2.48. The summed E-state index contributed by atoms with van der Waals surface area (Å²) >= 11 is 6.32. The Morgan fingerprint density at radius 3 is 2.33 bits per heavy atom. The molecule has 2 aromatic heterocycles. The Bertz CT molecular complexity index is 1690. The van der Waals surface area contributed by atoms with E-state index in [1.807, 2.05) is 36.2 Å². The number of carbonyl (C=O) groups is 2. The molecule has 1 amide bonds. The van der Waals surface area contributed by atoms with Crippen LogP contribution in [0.4, 0.5) is 5.69 Å². The van der Waals surface area contributed by atoms with E-state index in [1.54, 1.807) is 12.4 Å². The van der Waals surface area contributed by atoms with E-state index >= 15 is 0 Å². The van der Waals surface area contributed by atoms with Gasteiger partial charge in [0.1, 0.15) is 18.7 Å². The first-order valence-electron chi connectivity index (χ1n) is 17.2. The number of unbranched alkanes of at least 4 members (excludes halogenated alkanes) is 1. The third kappa shape index (κ3) is 11.3. The molecule has 0 bridgehead atoms. The lowest BCUT2D eigenvalue weighted by Crippen LogP contribution is -2.63. The fraction of sp³-hybridized carbons (Fsp3) is 0.486. The number of aromatic nitrogens is 3. The Morgan fingerprint density at radius 1 is 1.04 bits per heavy atom. The zero-order chi connectivity index (χ0) is 37.2. The molecule has 1 aliphatic heterocycles. The Labute approximate surface area is 309 Å². The number of allylic oxidation sites excluding steroid dienone is 1. The normalized spacial score (nSPS) is 13.9. The summed E-state index contributed by atoms with van der Waals surface area (Å²) in [6.07, 6.45) is 13.3. The van der Waals surface area contributed by atoms with Crippen LogP contribution in [0, 0.1) is 17.8 Å². The molecule has 1 saturated heterocycles. The highest BCUT2D eigenvalue weighted by molar-refractivity contribution is 6.31. The van der Waals surface area contributed by atoms with Crippen molar-refractivity contribution < 1.29 is 33.3 Å². The first kappa shape index (κ1) is 40.4. The van der Waals surface area contributed by atoms with Crippen molar-refractivity contribution in [3.63, 3.8) is 0 Å². The fourth-order valence-electron chi connectivity index (χ4n) is 5.85. The highest BCUT2D eigenvalue weighted by Crippen LogP contribution is 2.38. The maximum absolute atomic E-state index is 12.7. The molecular weight excluding hydrogens is 690 g/mol. The molecule has 52 heavy (non-hydrogen) atoms. The van der Waals surface area contributed by atoms with E-state index in [1.165, 1.54) is 11.0 Å². The molecule has 0 unspecified atom stereocenters. The number of rotatable bonds is 25. The van der Waals surface area contributed by atoms with Crippen molar-refractivity contribution in [1.82, 2.24) is 19.4 Å². The number of aldehydes is 1. The average Bonchev–Trinajstić information content (AvgIpc) is 3.46. The minimum atomic E-state index is -0.908. The van der Waals surface area contributed by atoms with Crippen molar-refractivity contribution in [2.24, 2.45) is 5.73 Å². The maximum atomic E-state index is 12.7. The van der Waals surface area contributed by atoms with Crippen LogP contribution in [0.25, 0.3) is 11.0 Å². The summed E-state index contributed by atoms with van der Waals surface area (Å²) in [5.41, 5.74) is 8.15. The van der Waals surface area contributed by atoms with Crippen LogP contribution in [0.15, 0.2) is 48.4 Å². The minimum absolute atomic E-state index is 0.0446. The standard InChI is InChI=1S/C37H48ClN7O7/c1-3-13-48-15-17-50-19-21-52-22-20-51-18-16-49-14-5-4-12-45-33-7-6-29(38)23-32(33)42-35(45)25-43(2)34-24-41-11-9-30(34)37(28-46)26-44(27-37)36(47)31(40)8-10-39/h1,6-11,23-24,28,39H,4-5,12-22,25-27,40H2,2H3. The molecule has 0 atom stereocenters. The number of terminal acetylenes is 1. The molecule has 3 heterocycles. The van der Waals surface area contributed by atoms with Gasteiger partial charge >= 0.3 is 0 Å². The molecule has 0 radical (unpaired) electrons. The number of amides is 1. The van der Waals surface area contributed by atoms with E-state index in [0.717, 1.165) is 60.0 Å². The van der Waals surface area contributed by atoms with Crippen molar-refractivity contribution in [2.75, 3.05) is 91.1 Å². The number of ether oxygens (including phenoxy) is 5. The Morgan fingerprint density at radius 2 is 1.69 bits per heavy atom. The van der Waals surface area contributed by atoms with Crippen LogP contribution in [0.2, 0.25) is 5.02 Å². The summed E-state index contributed by atoms with van der Waals surface area (Å²) in [4.78, 5) is 38.0. The van der Waals surface area contributed by atoms with Crippen LogP contribution in [0.3, 0.4) is 0 Å². The lowest BCUT2D eigenvalue weighted by molar-refractivity contribution is -0.137. The summed E-state index contributed by atoms with van der Waals surface area (Å²) in [7, 11) is 1.93. The number of pyridine rings is 1. The van der Waals surface area contributed by atoms with E-state index < -0.39 is 11.3 Å². The van der Waals surface area contributed by atoms with E-state index in [9.17, 15) is 9.59 Å². The van der Waals surface area contributed by atoms with Gasteiger partial charge in [-0.25, -0.2) is 4.98 Å².